The molecule has 0 unspecified atom stereocenters. The number of ether oxygens (including phenoxy) is 1. The molecule has 3 heterocycles. The zero-order chi connectivity index (χ0) is 21.4. The molecular weight excluding hydrogens is 571 g/mol. The SMILES string of the molecule is CCN1/C(=C/C=c2\s/c(=C\c3sc4ccccc4[n+]3CC)sc2=O)Oc2ccccc21.[I-]. The standard InChI is InChI=1S/C24H21N2O2S3.HI/c1-3-25-16-9-5-7-11-18(16)28-21(25)14-13-20-24(27)31-23(30-20)15-22-26(4-2)17-10-6-8-12-19(17)29-22;/h5-15H,3-4H2,1-2H3;1H/q+1;/p-1/b20-13-,21-14-,23-15+;. The summed E-state index contributed by atoms with van der Waals surface area (Å²) < 4.78 is 11.4. The summed E-state index contributed by atoms with van der Waals surface area (Å²) in [6.07, 6.45) is 5.91. The second-order valence-corrected chi connectivity index (χ2v) is 10.4. The molecule has 0 saturated carbocycles. The Morgan fingerprint density at radius 2 is 1.78 bits per heavy atom. The number of benzene rings is 2. The Morgan fingerprint density at radius 3 is 2.59 bits per heavy atom. The van der Waals surface area contributed by atoms with Crippen LogP contribution in [-0.2, 0) is 6.54 Å². The monoisotopic (exact) mass is 592 g/mol. The Hall–Kier alpha value is -2.01. The van der Waals surface area contributed by atoms with Gasteiger partial charge in [-0.1, -0.05) is 46.9 Å². The molecule has 0 bridgehead atoms. The van der Waals surface area contributed by atoms with Gasteiger partial charge >= 0.3 is 0 Å². The first kappa shape index (κ1) is 23.2. The van der Waals surface area contributed by atoms with Crippen molar-refractivity contribution >= 4 is 62.1 Å². The Bertz CT molecular complexity index is 1480. The highest BCUT2D eigenvalue weighted by atomic mass is 127. The van der Waals surface area contributed by atoms with Crippen molar-refractivity contribution in [2.45, 2.75) is 20.4 Å². The van der Waals surface area contributed by atoms with Crippen LogP contribution in [0.3, 0.4) is 0 Å². The summed E-state index contributed by atoms with van der Waals surface area (Å²) in [5.41, 5.74) is 2.29. The molecule has 32 heavy (non-hydrogen) atoms. The lowest BCUT2D eigenvalue weighted by molar-refractivity contribution is -0.665. The molecule has 164 valence electrons. The van der Waals surface area contributed by atoms with Gasteiger partial charge in [-0.25, -0.2) is 0 Å². The van der Waals surface area contributed by atoms with Gasteiger partial charge in [0.05, 0.1) is 14.1 Å². The molecule has 0 saturated heterocycles. The summed E-state index contributed by atoms with van der Waals surface area (Å²) in [7, 11) is 0. The van der Waals surface area contributed by atoms with Crippen LogP contribution < -0.4 is 51.3 Å². The number of nitrogens with zero attached hydrogens (tertiary/aromatic N) is 2. The third-order valence-corrected chi connectivity index (χ3v) is 8.46. The van der Waals surface area contributed by atoms with Gasteiger partial charge in [-0.15, -0.1) is 11.3 Å². The second kappa shape index (κ2) is 9.86. The summed E-state index contributed by atoms with van der Waals surface area (Å²) in [5.74, 6) is 1.60. The minimum atomic E-state index is 0. The van der Waals surface area contributed by atoms with Gasteiger partial charge in [0.2, 0.25) is 11.4 Å². The fourth-order valence-corrected chi connectivity index (χ4v) is 7.07. The molecule has 2 aromatic heterocycles. The number of fused-ring (bicyclic) bond motifs is 2. The molecule has 0 fully saturated rings. The van der Waals surface area contributed by atoms with Crippen molar-refractivity contribution in [2.24, 2.45) is 0 Å². The van der Waals surface area contributed by atoms with Gasteiger partial charge < -0.3 is 33.6 Å². The molecule has 8 heteroatoms. The maximum Gasteiger partial charge on any atom is 0.265 e. The summed E-state index contributed by atoms with van der Waals surface area (Å²) in [6, 6.07) is 16.4. The molecule has 4 aromatic rings. The molecular formula is C24H21IN2O2S3. The van der Waals surface area contributed by atoms with E-state index in [0.29, 0.717) is 0 Å². The van der Waals surface area contributed by atoms with Crippen LogP contribution in [0, 0.1) is 0 Å². The number of hydrogen-bond donors (Lipinski definition) is 0. The number of hydrogen-bond acceptors (Lipinski definition) is 6. The van der Waals surface area contributed by atoms with Crippen molar-refractivity contribution in [3.63, 3.8) is 0 Å². The first-order chi connectivity index (χ1) is 15.2. The largest absolute Gasteiger partial charge is 1.00 e. The van der Waals surface area contributed by atoms with Gasteiger partial charge in [0.1, 0.15) is 11.2 Å². The highest BCUT2D eigenvalue weighted by Crippen LogP contribution is 2.38. The second-order valence-electron chi connectivity index (χ2n) is 6.96. The van der Waals surface area contributed by atoms with Crippen LogP contribution >= 0.6 is 34.0 Å². The lowest BCUT2D eigenvalue weighted by Gasteiger charge is -2.14. The quantitative estimate of drug-likeness (QED) is 0.263. The smallest absolute Gasteiger partial charge is 0.265 e. The van der Waals surface area contributed by atoms with Crippen LogP contribution in [0.5, 0.6) is 5.75 Å². The summed E-state index contributed by atoms with van der Waals surface area (Å²) in [4.78, 5) is 14.7. The van der Waals surface area contributed by atoms with Crippen LogP contribution in [0.15, 0.2) is 65.3 Å². The lowest BCUT2D eigenvalue weighted by Crippen LogP contribution is -3.00. The number of para-hydroxylation sites is 3. The number of allylic oxidation sites excluding steroid dienone is 1. The molecule has 0 N–H and O–H groups in total. The van der Waals surface area contributed by atoms with Crippen LogP contribution in [0.2, 0.25) is 0 Å². The average Bonchev–Trinajstić information content (AvgIpc) is 3.44. The van der Waals surface area contributed by atoms with E-state index in [0.717, 1.165) is 43.8 Å². The van der Waals surface area contributed by atoms with E-state index in [4.69, 9.17) is 4.74 Å². The van der Waals surface area contributed by atoms with Crippen LogP contribution in [0.1, 0.15) is 18.9 Å². The highest BCUT2D eigenvalue weighted by Gasteiger charge is 2.23. The molecule has 0 atom stereocenters. The number of halogens is 1. The third kappa shape index (κ3) is 4.28. The third-order valence-electron chi connectivity index (χ3n) is 5.13. The van der Waals surface area contributed by atoms with Crippen molar-refractivity contribution < 1.29 is 33.3 Å². The number of rotatable bonds is 4. The summed E-state index contributed by atoms with van der Waals surface area (Å²) in [5, 5.41) is 1.16. The molecule has 1 aliphatic rings. The Morgan fingerprint density at radius 1 is 1.00 bits per heavy atom. The number of aromatic nitrogens is 1. The fourth-order valence-electron chi connectivity index (χ4n) is 3.71. The van der Waals surface area contributed by atoms with E-state index in [1.165, 1.54) is 32.9 Å². The van der Waals surface area contributed by atoms with Crippen molar-refractivity contribution in [1.29, 1.82) is 0 Å². The van der Waals surface area contributed by atoms with Crippen molar-refractivity contribution in [1.82, 2.24) is 0 Å². The predicted molar refractivity (Wildman–Crippen MR) is 132 cm³/mol. The first-order valence-corrected chi connectivity index (χ1v) is 12.6. The van der Waals surface area contributed by atoms with Gasteiger partial charge in [-0.2, -0.15) is 4.57 Å². The molecule has 1 aliphatic heterocycles. The van der Waals surface area contributed by atoms with E-state index in [9.17, 15) is 4.79 Å². The maximum atomic E-state index is 12.6. The molecule has 4 nitrogen and oxygen atoms in total. The number of aryl methyl sites for hydroxylation is 1. The Kier molecular flexibility index (Phi) is 7.14. The molecule has 5 rings (SSSR count). The highest BCUT2D eigenvalue weighted by molar-refractivity contribution is 7.25. The molecule has 0 radical (unpaired) electrons. The zero-order valence-electron chi connectivity index (χ0n) is 17.6. The van der Waals surface area contributed by atoms with Gasteiger partial charge in [0, 0.05) is 24.8 Å². The predicted octanol–water partition coefficient (Wildman–Crippen LogP) is 1.07. The minimum Gasteiger partial charge on any atom is -1.00 e. The van der Waals surface area contributed by atoms with Crippen LogP contribution in [-0.4, -0.2) is 6.54 Å². The van der Waals surface area contributed by atoms with Crippen molar-refractivity contribution in [3.05, 3.63) is 83.4 Å². The average molecular weight is 593 g/mol. The van der Waals surface area contributed by atoms with Crippen LogP contribution in [0.4, 0.5) is 5.69 Å². The van der Waals surface area contributed by atoms with E-state index in [1.807, 2.05) is 36.4 Å². The zero-order valence-corrected chi connectivity index (χ0v) is 22.2. The fraction of sp³-hybridized carbons (Fsp3) is 0.167. The summed E-state index contributed by atoms with van der Waals surface area (Å²) >= 11 is 4.59. The molecule has 0 amide bonds. The van der Waals surface area contributed by atoms with Gasteiger partial charge in [0.25, 0.3) is 9.75 Å². The molecule has 0 spiro atoms. The Labute approximate surface area is 215 Å². The van der Waals surface area contributed by atoms with E-state index in [1.54, 1.807) is 11.3 Å². The number of anilines is 1. The van der Waals surface area contributed by atoms with E-state index in [-0.39, 0.29) is 28.7 Å². The number of thiazole rings is 1. The van der Waals surface area contributed by atoms with E-state index < -0.39 is 0 Å². The van der Waals surface area contributed by atoms with Crippen molar-refractivity contribution in [2.75, 3.05) is 11.4 Å². The first-order valence-electron chi connectivity index (χ1n) is 10.2. The Balaban J connectivity index is 0.00000245. The summed E-state index contributed by atoms with van der Waals surface area (Å²) in [6.45, 7) is 5.94. The normalized spacial score (nSPS) is 15.3. The maximum absolute atomic E-state index is 12.6. The van der Waals surface area contributed by atoms with Gasteiger partial charge in [-0.05, 0) is 38.1 Å². The van der Waals surface area contributed by atoms with Gasteiger partial charge in [0.15, 0.2) is 5.75 Å². The van der Waals surface area contributed by atoms with Gasteiger partial charge in [-0.3, -0.25) is 4.79 Å². The molecule has 0 aliphatic carbocycles. The minimum absolute atomic E-state index is 0. The lowest BCUT2D eigenvalue weighted by atomic mass is 10.3. The topological polar surface area (TPSA) is 33.4 Å². The van der Waals surface area contributed by atoms with E-state index >= 15 is 0 Å². The van der Waals surface area contributed by atoms with Crippen LogP contribution in [0.25, 0.3) is 22.4 Å². The van der Waals surface area contributed by atoms with E-state index in [2.05, 4.69) is 53.7 Å². The van der Waals surface area contributed by atoms with Crippen molar-refractivity contribution in [3.8, 4) is 5.75 Å². The molecule has 2 aromatic carbocycles.